The molecule has 0 radical (unpaired) electrons. The third-order valence-electron chi connectivity index (χ3n) is 3.31. The van der Waals surface area contributed by atoms with Gasteiger partial charge in [-0.15, -0.1) is 12.8 Å². The molecule has 23 heavy (non-hydrogen) atoms. The molecule has 122 valence electrons. The van der Waals surface area contributed by atoms with Crippen LogP contribution >= 0.6 is 0 Å². The molecule has 0 aliphatic carbocycles. The zero-order valence-corrected chi connectivity index (χ0v) is 14.6. The Bertz CT molecular complexity index is 656. The maximum absolute atomic E-state index is 10.1. The monoisotopic (exact) mass is 313 g/mol. The van der Waals surface area contributed by atoms with Crippen LogP contribution in [0, 0.1) is 38.5 Å². The molecule has 0 aromatic carbocycles. The van der Waals surface area contributed by atoms with E-state index in [1.807, 2.05) is 39.5 Å². The Labute approximate surface area is 139 Å². The maximum Gasteiger partial charge on any atom is 0.243 e. The summed E-state index contributed by atoms with van der Waals surface area (Å²) in [4.78, 5) is 11.1. The zero-order valence-electron chi connectivity index (χ0n) is 14.6. The van der Waals surface area contributed by atoms with Gasteiger partial charge in [0.15, 0.2) is 5.69 Å². The van der Waals surface area contributed by atoms with Gasteiger partial charge in [-0.2, -0.15) is 0 Å². The van der Waals surface area contributed by atoms with Crippen molar-refractivity contribution in [3.05, 3.63) is 22.8 Å². The molecule has 0 bridgehead atoms. The predicted octanol–water partition coefficient (Wildman–Crippen LogP) is 1.78. The SMILES string of the molecule is C#CCN(CC#C)Cc1nc(C)c(/C=[N+](\O)C(C)(C)C)nc1C. The Morgan fingerprint density at radius 2 is 1.70 bits per heavy atom. The van der Waals surface area contributed by atoms with E-state index in [1.165, 1.54) is 0 Å². The van der Waals surface area contributed by atoms with Crippen molar-refractivity contribution >= 4 is 6.21 Å². The van der Waals surface area contributed by atoms with E-state index in [-0.39, 0.29) is 0 Å². The number of nitrogens with zero attached hydrogens (tertiary/aromatic N) is 4. The molecule has 0 saturated carbocycles. The minimum Gasteiger partial charge on any atom is -0.290 e. The Hall–Kier alpha value is -2.37. The second kappa shape index (κ2) is 7.76. The van der Waals surface area contributed by atoms with Crippen LogP contribution in [0.2, 0.25) is 0 Å². The minimum absolute atomic E-state index is 0.406. The smallest absolute Gasteiger partial charge is 0.243 e. The number of aryl methyl sites for hydroxylation is 2. The van der Waals surface area contributed by atoms with Gasteiger partial charge in [-0.3, -0.25) is 15.1 Å². The number of terminal acetylenes is 2. The van der Waals surface area contributed by atoms with Crippen LogP contribution in [0.1, 0.15) is 43.5 Å². The van der Waals surface area contributed by atoms with Gasteiger partial charge in [0.05, 0.1) is 30.2 Å². The number of hydrogen-bond acceptors (Lipinski definition) is 4. The fourth-order valence-electron chi connectivity index (χ4n) is 1.89. The standard InChI is InChI=1S/C18H25N4O/c1-8-10-21(11-9-2)12-16-14(3)20-17(15(4)19-16)13-22(23)18(5,6)7/h1-2,13,23H,10-12H2,3-7H3/q+1. The van der Waals surface area contributed by atoms with Gasteiger partial charge in [0.1, 0.15) is 0 Å². The van der Waals surface area contributed by atoms with Crippen LogP contribution in [-0.4, -0.2) is 49.7 Å². The van der Waals surface area contributed by atoms with Gasteiger partial charge >= 0.3 is 0 Å². The molecule has 0 aliphatic heterocycles. The van der Waals surface area contributed by atoms with Gasteiger partial charge in [0.2, 0.25) is 11.8 Å². The number of hydroxylamine groups is 1. The molecule has 0 fully saturated rings. The molecule has 0 unspecified atom stereocenters. The highest BCUT2D eigenvalue weighted by Gasteiger charge is 2.25. The van der Waals surface area contributed by atoms with Gasteiger partial charge in [-0.1, -0.05) is 11.8 Å². The van der Waals surface area contributed by atoms with E-state index in [4.69, 9.17) is 12.8 Å². The average molecular weight is 313 g/mol. The number of aromatic nitrogens is 2. The molecule has 5 heteroatoms. The van der Waals surface area contributed by atoms with Crippen molar-refractivity contribution in [2.75, 3.05) is 13.1 Å². The Balaban J connectivity index is 3.11. The fourth-order valence-corrected chi connectivity index (χ4v) is 1.89. The van der Waals surface area contributed by atoms with Crippen molar-refractivity contribution in [1.82, 2.24) is 14.9 Å². The highest BCUT2D eigenvalue weighted by atomic mass is 16.5. The molecule has 0 saturated heterocycles. The molecule has 1 heterocycles. The van der Waals surface area contributed by atoms with E-state index in [2.05, 4.69) is 21.8 Å². The van der Waals surface area contributed by atoms with Crippen molar-refractivity contribution in [3.8, 4) is 24.7 Å². The number of rotatable bonds is 5. The lowest BCUT2D eigenvalue weighted by Gasteiger charge is -2.17. The van der Waals surface area contributed by atoms with Gasteiger partial charge in [0, 0.05) is 27.3 Å². The molecule has 0 aliphatic rings. The maximum atomic E-state index is 10.1. The Kier molecular flexibility index (Phi) is 6.30. The van der Waals surface area contributed by atoms with Crippen LogP contribution in [0.25, 0.3) is 0 Å². The molecule has 0 spiro atoms. The second-order valence-corrected chi connectivity index (χ2v) is 6.42. The first-order valence-electron chi connectivity index (χ1n) is 7.45. The lowest BCUT2D eigenvalue weighted by Crippen LogP contribution is -2.32. The minimum atomic E-state index is -0.406. The van der Waals surface area contributed by atoms with Crippen LogP contribution in [-0.2, 0) is 6.54 Å². The van der Waals surface area contributed by atoms with E-state index in [0.717, 1.165) is 21.8 Å². The predicted molar refractivity (Wildman–Crippen MR) is 91.4 cm³/mol. The first-order valence-corrected chi connectivity index (χ1v) is 7.45. The first-order chi connectivity index (χ1) is 10.7. The molecular formula is C18H25N4O+. The molecular weight excluding hydrogens is 288 g/mol. The van der Waals surface area contributed by atoms with Gasteiger partial charge in [-0.05, 0) is 18.6 Å². The quantitative estimate of drug-likeness (QED) is 0.296. The summed E-state index contributed by atoms with van der Waals surface area (Å²) in [5.41, 5.74) is 2.62. The van der Waals surface area contributed by atoms with E-state index < -0.39 is 5.54 Å². The van der Waals surface area contributed by atoms with Crippen molar-refractivity contribution in [1.29, 1.82) is 0 Å². The van der Waals surface area contributed by atoms with Crippen LogP contribution < -0.4 is 0 Å². The van der Waals surface area contributed by atoms with Crippen LogP contribution in [0.3, 0.4) is 0 Å². The van der Waals surface area contributed by atoms with Crippen molar-refractivity contribution < 1.29 is 9.95 Å². The second-order valence-electron chi connectivity index (χ2n) is 6.42. The van der Waals surface area contributed by atoms with E-state index in [1.54, 1.807) is 6.21 Å². The fraction of sp³-hybridized carbons (Fsp3) is 0.500. The van der Waals surface area contributed by atoms with Crippen molar-refractivity contribution in [2.45, 2.75) is 46.7 Å². The molecule has 1 aromatic heterocycles. The van der Waals surface area contributed by atoms with Crippen LogP contribution in [0.4, 0.5) is 0 Å². The molecule has 1 N–H and O–H groups in total. The molecule has 1 rings (SSSR count). The summed E-state index contributed by atoms with van der Waals surface area (Å²) in [6, 6.07) is 0. The lowest BCUT2D eigenvalue weighted by molar-refractivity contribution is -0.816. The largest absolute Gasteiger partial charge is 0.290 e. The summed E-state index contributed by atoms with van der Waals surface area (Å²) in [5.74, 6) is 5.19. The summed E-state index contributed by atoms with van der Waals surface area (Å²) in [6.45, 7) is 11.0. The molecule has 0 atom stereocenters. The van der Waals surface area contributed by atoms with E-state index >= 15 is 0 Å². The van der Waals surface area contributed by atoms with Crippen molar-refractivity contribution in [3.63, 3.8) is 0 Å². The topological polar surface area (TPSA) is 52.3 Å². The molecule has 5 nitrogen and oxygen atoms in total. The third-order valence-corrected chi connectivity index (χ3v) is 3.31. The molecule has 0 amide bonds. The summed E-state index contributed by atoms with van der Waals surface area (Å²) in [7, 11) is 0. The van der Waals surface area contributed by atoms with E-state index in [9.17, 15) is 5.21 Å². The van der Waals surface area contributed by atoms with Gasteiger partial charge < -0.3 is 0 Å². The van der Waals surface area contributed by atoms with Gasteiger partial charge in [0.25, 0.3) is 0 Å². The van der Waals surface area contributed by atoms with Gasteiger partial charge in [-0.25, -0.2) is 4.98 Å². The Morgan fingerprint density at radius 3 is 2.17 bits per heavy atom. The first kappa shape index (κ1) is 18.7. The van der Waals surface area contributed by atoms with Crippen LogP contribution in [0.5, 0.6) is 0 Å². The summed E-state index contributed by atoms with van der Waals surface area (Å²) in [5, 5.41) is 10.1. The highest BCUT2D eigenvalue weighted by Crippen LogP contribution is 2.11. The summed E-state index contributed by atoms with van der Waals surface area (Å²) >= 11 is 0. The number of hydrogen-bond donors (Lipinski definition) is 1. The summed E-state index contributed by atoms with van der Waals surface area (Å²) in [6.07, 6.45) is 12.3. The third kappa shape index (κ3) is 5.39. The lowest BCUT2D eigenvalue weighted by atomic mass is 10.1. The Morgan fingerprint density at radius 1 is 1.13 bits per heavy atom. The summed E-state index contributed by atoms with van der Waals surface area (Å²) < 4.78 is 1.14. The zero-order chi connectivity index (χ0) is 17.6. The van der Waals surface area contributed by atoms with Crippen molar-refractivity contribution in [2.24, 2.45) is 0 Å². The van der Waals surface area contributed by atoms with Crippen LogP contribution in [0.15, 0.2) is 0 Å². The highest BCUT2D eigenvalue weighted by molar-refractivity contribution is 5.74. The average Bonchev–Trinajstić information content (AvgIpc) is 2.43. The normalized spacial score (nSPS) is 12.1. The molecule has 1 aromatic rings. The van der Waals surface area contributed by atoms with E-state index in [0.29, 0.717) is 25.3 Å².